The van der Waals surface area contributed by atoms with E-state index in [1.807, 2.05) is 0 Å². The van der Waals surface area contributed by atoms with Gasteiger partial charge in [0.1, 0.15) is 0 Å². The van der Waals surface area contributed by atoms with E-state index in [9.17, 15) is 19.9 Å². The molecule has 1 saturated carbocycles. The fourth-order valence-corrected chi connectivity index (χ4v) is 4.15. The minimum Gasteiger partial charge on any atom is -0.481 e. The van der Waals surface area contributed by atoms with Gasteiger partial charge in [0, 0.05) is 16.8 Å². The normalized spacial score (nSPS) is 21.9. The van der Waals surface area contributed by atoms with Crippen LogP contribution in [0, 0.1) is 18.8 Å². The summed E-state index contributed by atoms with van der Waals surface area (Å²) in [6, 6.07) is 3.31. The van der Waals surface area contributed by atoms with E-state index >= 15 is 0 Å². The highest BCUT2D eigenvalue weighted by Crippen LogP contribution is 2.32. The highest BCUT2D eigenvalue weighted by atomic mass is 16.9. The predicted octanol–water partition coefficient (Wildman–Crippen LogP) is 3.56. The molecule has 2 atom stereocenters. The number of aliphatic carboxylic acids is 1. The Bertz CT molecular complexity index is 769. The second-order valence-electron chi connectivity index (χ2n) is 7.89. The third-order valence-corrected chi connectivity index (χ3v) is 5.67. The van der Waals surface area contributed by atoms with Gasteiger partial charge in [0.2, 0.25) is 5.90 Å². The molecule has 1 aliphatic carbocycles. The maximum Gasteiger partial charge on any atom is 0.304 e. The van der Waals surface area contributed by atoms with Gasteiger partial charge in [-0.3, -0.25) is 14.8 Å². The average molecular weight is 391 g/mol. The van der Waals surface area contributed by atoms with Crippen LogP contribution in [0.15, 0.2) is 21.9 Å². The Hall–Kier alpha value is -2.19. The fraction of sp³-hybridized carbons (Fsp3) is 0.650. The van der Waals surface area contributed by atoms with Crippen LogP contribution in [-0.2, 0) is 9.63 Å². The minimum atomic E-state index is -0.992. The lowest BCUT2D eigenvalue weighted by Crippen LogP contribution is -2.27. The van der Waals surface area contributed by atoms with Gasteiger partial charge < -0.3 is 14.9 Å². The van der Waals surface area contributed by atoms with Crippen molar-refractivity contribution in [3.05, 3.63) is 33.7 Å². The first kappa shape index (κ1) is 20.5. The summed E-state index contributed by atoms with van der Waals surface area (Å²) in [6.07, 6.45) is 7.88. The van der Waals surface area contributed by atoms with E-state index in [1.165, 1.54) is 32.1 Å². The molecule has 0 radical (unpaired) electrons. The summed E-state index contributed by atoms with van der Waals surface area (Å²) < 4.78 is 0. The number of H-pyrrole nitrogens is 1. The summed E-state index contributed by atoms with van der Waals surface area (Å²) in [4.78, 5) is 35.8. The summed E-state index contributed by atoms with van der Waals surface area (Å²) in [7, 11) is 0. The van der Waals surface area contributed by atoms with E-state index in [0.717, 1.165) is 18.8 Å². The van der Waals surface area contributed by atoms with Crippen LogP contribution in [0.2, 0.25) is 0 Å². The number of carbonyl (C=O) groups is 1. The van der Waals surface area contributed by atoms with Gasteiger partial charge in [-0.2, -0.15) is 0 Å². The first-order chi connectivity index (χ1) is 13.4. The molecule has 8 heteroatoms. The largest absolute Gasteiger partial charge is 0.481 e. The lowest BCUT2D eigenvalue weighted by molar-refractivity contribution is -0.306. The van der Waals surface area contributed by atoms with Crippen molar-refractivity contribution in [1.82, 2.24) is 10.2 Å². The van der Waals surface area contributed by atoms with E-state index in [1.54, 1.807) is 19.1 Å². The van der Waals surface area contributed by atoms with Crippen molar-refractivity contribution in [1.29, 1.82) is 0 Å². The quantitative estimate of drug-likeness (QED) is 0.624. The van der Waals surface area contributed by atoms with Crippen LogP contribution in [0.25, 0.3) is 0 Å². The number of carboxylic acid groups (broad SMARTS) is 1. The Morgan fingerprint density at radius 3 is 2.79 bits per heavy atom. The number of rotatable bonds is 8. The van der Waals surface area contributed by atoms with E-state index in [4.69, 9.17) is 4.84 Å². The highest BCUT2D eigenvalue weighted by molar-refractivity contribution is 5.84. The molecule has 0 saturated heterocycles. The molecule has 3 rings (SSSR count). The van der Waals surface area contributed by atoms with Crippen LogP contribution in [0.1, 0.15) is 75.2 Å². The summed E-state index contributed by atoms with van der Waals surface area (Å²) in [6.45, 7) is 1.76. The standard InChI is InChI=1S/C20H29N3O5/c1-13-10-11-16(19(26)21-13)18-22-20(28-23(18)27)15(12-17(24)25)9-5-8-14-6-3-2-4-7-14/h10-11,14-15,18,27H,2-9,12H2,1H3,(H,21,26)(H,24,25)/t15-,18?/m1/s1. The van der Waals surface area contributed by atoms with Gasteiger partial charge in [-0.15, -0.1) is 0 Å². The molecule has 28 heavy (non-hydrogen) atoms. The van der Waals surface area contributed by atoms with Gasteiger partial charge in [0.15, 0.2) is 6.17 Å². The number of aromatic nitrogens is 1. The zero-order valence-electron chi connectivity index (χ0n) is 16.3. The number of nitrogens with one attached hydrogen (secondary N) is 1. The van der Waals surface area contributed by atoms with Crippen molar-refractivity contribution in [2.24, 2.45) is 16.8 Å². The van der Waals surface area contributed by atoms with Crippen LogP contribution in [0.5, 0.6) is 0 Å². The number of aryl methyl sites for hydroxylation is 1. The Labute approximate surface area is 164 Å². The SMILES string of the molecule is Cc1ccc(C2N=C([C@H](CCCC3CCCCC3)CC(=O)O)ON2O)c(=O)[nH]1. The number of carboxylic acids is 1. The fourth-order valence-electron chi connectivity index (χ4n) is 4.15. The second-order valence-corrected chi connectivity index (χ2v) is 7.89. The lowest BCUT2D eigenvalue weighted by atomic mass is 9.84. The van der Waals surface area contributed by atoms with E-state index in [-0.39, 0.29) is 23.4 Å². The third-order valence-electron chi connectivity index (χ3n) is 5.67. The zero-order valence-corrected chi connectivity index (χ0v) is 16.3. The Balaban J connectivity index is 1.68. The highest BCUT2D eigenvalue weighted by Gasteiger charge is 2.35. The van der Waals surface area contributed by atoms with E-state index in [2.05, 4.69) is 9.98 Å². The molecule has 1 aromatic heterocycles. The number of hydrogen-bond donors (Lipinski definition) is 3. The molecular weight excluding hydrogens is 362 g/mol. The summed E-state index contributed by atoms with van der Waals surface area (Å²) >= 11 is 0. The Kier molecular flexibility index (Phi) is 6.85. The van der Waals surface area contributed by atoms with Crippen molar-refractivity contribution in [2.75, 3.05) is 0 Å². The monoisotopic (exact) mass is 391 g/mol. The lowest BCUT2D eigenvalue weighted by Gasteiger charge is -2.22. The number of aromatic amines is 1. The van der Waals surface area contributed by atoms with Gasteiger partial charge >= 0.3 is 5.97 Å². The van der Waals surface area contributed by atoms with Crippen molar-refractivity contribution in [3.8, 4) is 0 Å². The molecule has 0 amide bonds. The topological polar surface area (TPSA) is 115 Å². The molecule has 154 valence electrons. The van der Waals surface area contributed by atoms with Gasteiger partial charge in [0.25, 0.3) is 5.56 Å². The van der Waals surface area contributed by atoms with Crippen LogP contribution < -0.4 is 5.56 Å². The van der Waals surface area contributed by atoms with Crippen molar-refractivity contribution in [2.45, 2.75) is 70.9 Å². The summed E-state index contributed by atoms with van der Waals surface area (Å²) in [5, 5.41) is 19.9. The molecule has 0 spiro atoms. The summed E-state index contributed by atoms with van der Waals surface area (Å²) in [5.41, 5.74) is 0.594. The van der Waals surface area contributed by atoms with E-state index < -0.39 is 18.1 Å². The third kappa shape index (κ3) is 5.20. The first-order valence-electron chi connectivity index (χ1n) is 10.1. The Morgan fingerprint density at radius 1 is 1.36 bits per heavy atom. The van der Waals surface area contributed by atoms with Gasteiger partial charge in [-0.1, -0.05) is 44.9 Å². The van der Waals surface area contributed by atoms with Crippen molar-refractivity contribution in [3.63, 3.8) is 0 Å². The maximum atomic E-state index is 12.2. The average Bonchev–Trinajstić information content (AvgIpc) is 3.03. The number of nitrogens with zero attached hydrogens (tertiary/aromatic N) is 2. The number of hydroxylamine groups is 2. The van der Waals surface area contributed by atoms with Gasteiger partial charge in [-0.25, -0.2) is 4.99 Å². The molecule has 1 aliphatic heterocycles. The molecule has 2 aliphatic rings. The summed E-state index contributed by atoms with van der Waals surface area (Å²) in [5.74, 6) is -0.460. The number of aliphatic imine (C=N–C) groups is 1. The molecule has 1 aromatic rings. The molecule has 2 heterocycles. The van der Waals surface area contributed by atoms with E-state index in [0.29, 0.717) is 17.3 Å². The zero-order chi connectivity index (χ0) is 20.1. The van der Waals surface area contributed by atoms with Crippen molar-refractivity contribution >= 4 is 11.9 Å². The molecule has 8 nitrogen and oxygen atoms in total. The van der Waals surface area contributed by atoms with Crippen LogP contribution in [-0.4, -0.2) is 32.4 Å². The van der Waals surface area contributed by atoms with Crippen LogP contribution >= 0.6 is 0 Å². The maximum absolute atomic E-state index is 12.2. The molecule has 0 aromatic carbocycles. The smallest absolute Gasteiger partial charge is 0.304 e. The van der Waals surface area contributed by atoms with Gasteiger partial charge in [-0.05, 0) is 31.4 Å². The van der Waals surface area contributed by atoms with Crippen LogP contribution in [0.3, 0.4) is 0 Å². The molecular formula is C20H29N3O5. The molecule has 1 unspecified atom stereocenters. The number of pyridine rings is 1. The molecule has 3 N–H and O–H groups in total. The predicted molar refractivity (Wildman–Crippen MR) is 103 cm³/mol. The van der Waals surface area contributed by atoms with Crippen LogP contribution in [0.4, 0.5) is 0 Å². The second kappa shape index (κ2) is 9.34. The first-order valence-corrected chi connectivity index (χ1v) is 10.1. The molecule has 1 fully saturated rings. The Morgan fingerprint density at radius 2 is 2.11 bits per heavy atom. The van der Waals surface area contributed by atoms with Crippen molar-refractivity contribution < 1.29 is 19.9 Å². The minimum absolute atomic E-state index is 0.117. The number of hydrogen-bond acceptors (Lipinski definition) is 6. The van der Waals surface area contributed by atoms with Gasteiger partial charge in [0.05, 0.1) is 12.0 Å². The molecule has 0 bridgehead atoms.